The van der Waals surface area contributed by atoms with Crippen molar-refractivity contribution < 1.29 is 18.0 Å². The lowest BCUT2D eigenvalue weighted by Crippen LogP contribution is -2.39. The highest BCUT2D eigenvalue weighted by Crippen LogP contribution is 2.39. The van der Waals surface area contributed by atoms with Crippen LogP contribution in [0.1, 0.15) is 45.1 Å². The summed E-state index contributed by atoms with van der Waals surface area (Å²) in [6, 6.07) is 12.5. The number of carbonyl (C=O) groups is 2. The first-order valence-electron chi connectivity index (χ1n) is 11.8. The molecule has 2 aliphatic rings. The third kappa shape index (κ3) is 5.47. The first-order chi connectivity index (χ1) is 16.3. The van der Waals surface area contributed by atoms with Crippen LogP contribution in [0.15, 0.2) is 52.3 Å². The molecule has 1 fully saturated rings. The maximum atomic E-state index is 13.3. The normalized spacial score (nSPS) is 19.4. The summed E-state index contributed by atoms with van der Waals surface area (Å²) in [5.74, 6) is -0.518. The van der Waals surface area contributed by atoms with Gasteiger partial charge in [-0.05, 0) is 55.2 Å². The van der Waals surface area contributed by atoms with Crippen molar-refractivity contribution in [3.8, 4) is 0 Å². The Hall–Kier alpha value is -2.36. The van der Waals surface area contributed by atoms with E-state index in [1.54, 1.807) is 18.2 Å². The van der Waals surface area contributed by atoms with Gasteiger partial charge in [-0.2, -0.15) is 4.31 Å². The molecule has 0 aliphatic carbocycles. The van der Waals surface area contributed by atoms with Crippen molar-refractivity contribution in [3.63, 3.8) is 0 Å². The minimum atomic E-state index is -3.66. The maximum Gasteiger partial charge on any atom is 0.244 e. The average Bonchev–Trinajstić information content (AvgIpc) is 2.94. The summed E-state index contributed by atoms with van der Waals surface area (Å²) >= 11 is 1.53. The lowest BCUT2D eigenvalue weighted by atomic mass is 10.1. The van der Waals surface area contributed by atoms with Crippen LogP contribution in [-0.4, -0.2) is 49.4 Å². The van der Waals surface area contributed by atoms with Crippen molar-refractivity contribution in [2.45, 2.75) is 61.0 Å². The van der Waals surface area contributed by atoms with Gasteiger partial charge in [0.25, 0.3) is 0 Å². The highest BCUT2D eigenvalue weighted by molar-refractivity contribution is 8.00. The Morgan fingerprint density at radius 2 is 1.79 bits per heavy atom. The fourth-order valence-electron chi connectivity index (χ4n) is 4.31. The predicted octanol–water partition coefficient (Wildman–Crippen LogP) is 4.28. The number of rotatable bonds is 6. The van der Waals surface area contributed by atoms with Gasteiger partial charge < -0.3 is 10.2 Å². The van der Waals surface area contributed by atoms with Gasteiger partial charge in [0.15, 0.2) is 0 Å². The molecule has 2 aromatic rings. The lowest BCUT2D eigenvalue weighted by Gasteiger charge is -2.27. The van der Waals surface area contributed by atoms with Crippen LogP contribution in [0.2, 0.25) is 0 Å². The maximum absolute atomic E-state index is 13.3. The molecular formula is C25H31N3O4S2. The van der Waals surface area contributed by atoms with Gasteiger partial charge >= 0.3 is 0 Å². The molecule has 9 heteroatoms. The second-order valence-corrected chi connectivity index (χ2v) is 12.2. The Morgan fingerprint density at radius 3 is 2.47 bits per heavy atom. The number of fused-ring (bicyclic) bond motifs is 1. The standard InChI is InChI=1S/C25H31N3O4S2/c1-3-19-7-9-20(10-8-19)26-24(29)17-28-22-16-21(34(31,32)27-13-5-4-6-14-27)11-12-23(22)33-18(2)15-25(28)30/h7-12,16,18H,3-6,13-15,17H2,1-2H3,(H,26,29)/t18-/m1/s1. The minimum absolute atomic E-state index is 0.0189. The van der Waals surface area contributed by atoms with Gasteiger partial charge in [0.1, 0.15) is 6.54 Å². The average molecular weight is 502 g/mol. The Kier molecular flexibility index (Phi) is 7.64. The van der Waals surface area contributed by atoms with Gasteiger partial charge in [-0.3, -0.25) is 9.59 Å². The van der Waals surface area contributed by atoms with E-state index < -0.39 is 10.0 Å². The monoisotopic (exact) mass is 501 g/mol. The van der Waals surface area contributed by atoms with Crippen LogP contribution >= 0.6 is 11.8 Å². The van der Waals surface area contributed by atoms with Gasteiger partial charge in [0.2, 0.25) is 21.8 Å². The van der Waals surface area contributed by atoms with E-state index in [0.29, 0.717) is 24.5 Å². The molecule has 1 atom stereocenters. The summed E-state index contributed by atoms with van der Waals surface area (Å²) in [5, 5.41) is 2.87. The molecule has 182 valence electrons. The number of hydrogen-bond donors (Lipinski definition) is 1. The largest absolute Gasteiger partial charge is 0.325 e. The highest BCUT2D eigenvalue weighted by atomic mass is 32.2. The number of aryl methyl sites for hydroxylation is 1. The molecule has 0 bridgehead atoms. The van der Waals surface area contributed by atoms with Crippen molar-refractivity contribution in [2.24, 2.45) is 0 Å². The molecule has 4 rings (SSSR count). The molecular weight excluding hydrogens is 470 g/mol. The molecule has 2 aliphatic heterocycles. The van der Waals surface area contributed by atoms with E-state index in [4.69, 9.17) is 0 Å². The van der Waals surface area contributed by atoms with Gasteiger partial charge in [0, 0.05) is 35.3 Å². The molecule has 2 amide bonds. The van der Waals surface area contributed by atoms with Crippen LogP contribution in [0.4, 0.5) is 11.4 Å². The van der Waals surface area contributed by atoms with Gasteiger partial charge in [-0.25, -0.2) is 8.42 Å². The SMILES string of the molecule is CCc1ccc(NC(=O)CN2C(=O)C[C@@H](C)Sc3ccc(S(=O)(=O)N4CCCCC4)cc32)cc1. The summed E-state index contributed by atoms with van der Waals surface area (Å²) in [6.07, 6.45) is 3.91. The van der Waals surface area contributed by atoms with E-state index in [1.165, 1.54) is 26.5 Å². The van der Waals surface area contributed by atoms with Crippen LogP contribution in [0.3, 0.4) is 0 Å². The Bertz CT molecular complexity index is 1160. The molecule has 2 heterocycles. The van der Waals surface area contributed by atoms with Gasteiger partial charge in [0.05, 0.1) is 10.6 Å². The second-order valence-electron chi connectivity index (χ2n) is 8.81. The Labute approximate surface area is 205 Å². The molecule has 0 saturated carbocycles. The minimum Gasteiger partial charge on any atom is -0.325 e. The van der Waals surface area contributed by atoms with E-state index >= 15 is 0 Å². The molecule has 0 radical (unpaired) electrons. The third-order valence-electron chi connectivity index (χ3n) is 6.21. The first kappa shape index (κ1) is 24.8. The van der Waals surface area contributed by atoms with Crippen molar-refractivity contribution in [2.75, 3.05) is 29.9 Å². The predicted molar refractivity (Wildman–Crippen MR) is 136 cm³/mol. The van der Waals surface area contributed by atoms with E-state index in [2.05, 4.69) is 12.2 Å². The van der Waals surface area contributed by atoms with E-state index in [-0.39, 0.29) is 34.9 Å². The number of piperidine rings is 1. The van der Waals surface area contributed by atoms with Crippen LogP contribution in [-0.2, 0) is 26.0 Å². The van der Waals surface area contributed by atoms with Crippen molar-refractivity contribution in [1.82, 2.24) is 4.31 Å². The summed E-state index contributed by atoms with van der Waals surface area (Å²) in [7, 11) is -3.66. The number of benzene rings is 2. The van der Waals surface area contributed by atoms with Crippen molar-refractivity contribution >= 4 is 45.0 Å². The first-order valence-corrected chi connectivity index (χ1v) is 14.1. The van der Waals surface area contributed by atoms with Crippen LogP contribution in [0.5, 0.6) is 0 Å². The number of hydrogen-bond acceptors (Lipinski definition) is 5. The molecule has 1 N–H and O–H groups in total. The number of sulfonamides is 1. The Balaban J connectivity index is 1.61. The zero-order chi connectivity index (χ0) is 24.3. The summed E-state index contributed by atoms with van der Waals surface area (Å²) in [4.78, 5) is 28.4. The van der Waals surface area contributed by atoms with E-state index in [1.807, 2.05) is 31.2 Å². The number of amides is 2. The number of carbonyl (C=O) groups excluding carboxylic acids is 2. The van der Waals surface area contributed by atoms with Crippen molar-refractivity contribution in [1.29, 1.82) is 0 Å². The molecule has 0 aromatic heterocycles. The highest BCUT2D eigenvalue weighted by Gasteiger charge is 2.31. The summed E-state index contributed by atoms with van der Waals surface area (Å²) in [5.41, 5.74) is 2.31. The molecule has 2 aromatic carbocycles. The number of anilines is 2. The van der Waals surface area contributed by atoms with Crippen LogP contribution < -0.4 is 10.2 Å². The van der Waals surface area contributed by atoms with Gasteiger partial charge in [-0.1, -0.05) is 32.4 Å². The van der Waals surface area contributed by atoms with Crippen molar-refractivity contribution in [3.05, 3.63) is 48.0 Å². The molecule has 0 spiro atoms. The zero-order valence-electron chi connectivity index (χ0n) is 19.6. The number of nitrogens with zero attached hydrogens (tertiary/aromatic N) is 2. The number of thioether (sulfide) groups is 1. The smallest absolute Gasteiger partial charge is 0.244 e. The lowest BCUT2D eigenvalue weighted by molar-refractivity contribution is -0.121. The molecule has 0 unspecified atom stereocenters. The third-order valence-corrected chi connectivity index (χ3v) is 9.28. The fraction of sp³-hybridized carbons (Fsp3) is 0.440. The molecule has 1 saturated heterocycles. The van der Waals surface area contributed by atoms with E-state index in [9.17, 15) is 18.0 Å². The zero-order valence-corrected chi connectivity index (χ0v) is 21.3. The Morgan fingerprint density at radius 1 is 1.09 bits per heavy atom. The van der Waals surface area contributed by atoms with Gasteiger partial charge in [-0.15, -0.1) is 11.8 Å². The quantitative estimate of drug-likeness (QED) is 0.639. The topological polar surface area (TPSA) is 86.8 Å². The number of nitrogens with one attached hydrogen (secondary N) is 1. The van der Waals surface area contributed by atoms with E-state index in [0.717, 1.165) is 30.6 Å². The molecule has 7 nitrogen and oxygen atoms in total. The second kappa shape index (κ2) is 10.5. The summed E-state index contributed by atoms with van der Waals surface area (Å²) in [6.45, 7) is 4.86. The van der Waals surface area contributed by atoms with Crippen LogP contribution in [0.25, 0.3) is 0 Å². The fourth-order valence-corrected chi connectivity index (χ4v) is 6.95. The molecule has 34 heavy (non-hydrogen) atoms. The summed E-state index contributed by atoms with van der Waals surface area (Å²) < 4.78 is 28.0. The van der Waals surface area contributed by atoms with Crippen LogP contribution in [0, 0.1) is 0 Å².